The van der Waals surface area contributed by atoms with Crippen LogP contribution in [-0.2, 0) is 9.59 Å². The molecule has 0 saturated heterocycles. The molecule has 0 bridgehead atoms. The van der Waals surface area contributed by atoms with Crippen molar-refractivity contribution < 1.29 is 19.1 Å². The monoisotopic (exact) mass is 650 g/mol. The first-order valence-electron chi connectivity index (χ1n) is 13.4. The molecule has 0 aromatic heterocycles. The Labute approximate surface area is 243 Å². The summed E-state index contributed by atoms with van der Waals surface area (Å²) in [5.74, 6) is 1.62. The second kappa shape index (κ2) is 13.8. The maximum absolute atomic E-state index is 12.8. The second-order valence-electron chi connectivity index (χ2n) is 10.8. The summed E-state index contributed by atoms with van der Waals surface area (Å²) in [7, 11) is 0. The molecule has 8 heteroatoms. The molecule has 0 radical (unpaired) electrons. The molecule has 1 aliphatic rings. The number of ether oxygens (including phenoxy) is 2. The van der Waals surface area contributed by atoms with Gasteiger partial charge >= 0.3 is 0 Å². The van der Waals surface area contributed by atoms with Gasteiger partial charge in [-0.15, -0.1) is 0 Å². The molecule has 6 nitrogen and oxygen atoms in total. The lowest BCUT2D eigenvalue weighted by Crippen LogP contribution is -2.54. The van der Waals surface area contributed by atoms with Gasteiger partial charge in [0.2, 0.25) is 0 Å². The molecule has 1 aliphatic carbocycles. The zero-order chi connectivity index (χ0) is 28.0. The highest BCUT2D eigenvalue weighted by molar-refractivity contribution is 9.10. The average molecular weight is 652 g/mol. The van der Waals surface area contributed by atoms with Crippen molar-refractivity contribution in [2.75, 3.05) is 13.2 Å². The largest absolute Gasteiger partial charge is 0.483 e. The van der Waals surface area contributed by atoms with Gasteiger partial charge in [0.05, 0.1) is 0 Å². The topological polar surface area (TPSA) is 76.7 Å². The summed E-state index contributed by atoms with van der Waals surface area (Å²) in [6.45, 7) is 12.3. The molecule has 0 unspecified atom stereocenters. The van der Waals surface area contributed by atoms with Gasteiger partial charge in [-0.2, -0.15) is 0 Å². The van der Waals surface area contributed by atoms with Crippen molar-refractivity contribution in [3.05, 3.63) is 55.5 Å². The molecule has 38 heavy (non-hydrogen) atoms. The molecule has 2 N–H and O–H groups in total. The third kappa shape index (κ3) is 8.22. The minimum absolute atomic E-state index is 0.0675. The molecule has 2 aromatic carbocycles. The fraction of sp³-hybridized carbons (Fsp3) is 0.533. The van der Waals surface area contributed by atoms with Crippen LogP contribution in [0.1, 0.15) is 87.5 Å². The molecule has 1 saturated carbocycles. The Bertz CT molecular complexity index is 1060. The lowest BCUT2D eigenvalue weighted by atomic mass is 9.90. The van der Waals surface area contributed by atoms with Gasteiger partial charge in [-0.25, -0.2) is 0 Å². The third-order valence-electron chi connectivity index (χ3n) is 7.00. The van der Waals surface area contributed by atoms with Crippen molar-refractivity contribution in [3.8, 4) is 11.5 Å². The highest BCUT2D eigenvalue weighted by Gasteiger charge is 2.28. The summed E-state index contributed by atoms with van der Waals surface area (Å²) in [5, 5.41) is 6.19. The van der Waals surface area contributed by atoms with E-state index in [0.29, 0.717) is 0 Å². The van der Waals surface area contributed by atoms with Crippen LogP contribution in [0.15, 0.2) is 33.2 Å². The standard InChI is InChI=1S/C30H40Br2N2O4/c1-17(2)21-13-23(31)19(5)11-27(21)37-15-29(35)33-25-9-7-8-10-26(25)34-30(36)16-38-28-12-20(6)24(32)14-22(28)18(3)4/h11-14,17-18,25-26H,7-10,15-16H2,1-6H3,(H,33,35)(H,34,36)/t25-,26-/m1/s1. The average Bonchev–Trinajstić information content (AvgIpc) is 2.85. The van der Waals surface area contributed by atoms with Crippen LogP contribution in [0.5, 0.6) is 11.5 Å². The first kappa shape index (κ1) is 30.5. The van der Waals surface area contributed by atoms with Crippen molar-refractivity contribution in [3.63, 3.8) is 0 Å². The number of halogens is 2. The number of hydrogen-bond acceptors (Lipinski definition) is 4. The Hall–Kier alpha value is -2.06. The zero-order valence-electron chi connectivity index (χ0n) is 23.3. The molecule has 0 spiro atoms. The number of benzene rings is 2. The van der Waals surface area contributed by atoms with E-state index in [1.807, 2.05) is 26.0 Å². The van der Waals surface area contributed by atoms with E-state index in [2.05, 4.69) is 82.3 Å². The van der Waals surface area contributed by atoms with Crippen LogP contribution in [0.4, 0.5) is 0 Å². The van der Waals surface area contributed by atoms with E-state index in [9.17, 15) is 9.59 Å². The number of aryl methyl sites for hydroxylation is 2. The van der Waals surface area contributed by atoms with Gasteiger partial charge in [0.15, 0.2) is 13.2 Å². The van der Waals surface area contributed by atoms with E-state index in [0.717, 1.165) is 68.4 Å². The summed E-state index contributed by atoms with van der Waals surface area (Å²) in [5.41, 5.74) is 4.22. The summed E-state index contributed by atoms with van der Waals surface area (Å²) in [6, 6.07) is 7.77. The first-order chi connectivity index (χ1) is 18.0. The molecular formula is C30H40Br2N2O4. The van der Waals surface area contributed by atoms with Crippen molar-refractivity contribution in [1.29, 1.82) is 0 Å². The minimum Gasteiger partial charge on any atom is -0.483 e. The summed E-state index contributed by atoms with van der Waals surface area (Å²) >= 11 is 7.16. The number of hydrogen-bond donors (Lipinski definition) is 2. The van der Waals surface area contributed by atoms with E-state index in [1.165, 1.54) is 0 Å². The smallest absolute Gasteiger partial charge is 0.258 e. The quantitative estimate of drug-likeness (QED) is 0.288. The first-order valence-corrected chi connectivity index (χ1v) is 15.0. The van der Waals surface area contributed by atoms with Crippen molar-refractivity contribution in [1.82, 2.24) is 10.6 Å². The van der Waals surface area contributed by atoms with Crippen molar-refractivity contribution in [2.24, 2.45) is 0 Å². The Morgan fingerprint density at radius 3 is 1.47 bits per heavy atom. The number of carbonyl (C=O) groups excluding carboxylic acids is 2. The van der Waals surface area contributed by atoms with E-state index in [-0.39, 0.29) is 48.9 Å². The van der Waals surface area contributed by atoms with Crippen LogP contribution < -0.4 is 20.1 Å². The highest BCUT2D eigenvalue weighted by atomic mass is 79.9. The van der Waals surface area contributed by atoms with Crippen LogP contribution in [0.25, 0.3) is 0 Å². The highest BCUT2D eigenvalue weighted by Crippen LogP contribution is 2.33. The molecular weight excluding hydrogens is 612 g/mol. The lowest BCUT2D eigenvalue weighted by Gasteiger charge is -2.33. The fourth-order valence-electron chi connectivity index (χ4n) is 4.75. The number of carbonyl (C=O) groups is 2. The molecule has 2 amide bonds. The van der Waals surface area contributed by atoms with E-state index in [4.69, 9.17) is 9.47 Å². The van der Waals surface area contributed by atoms with Crippen LogP contribution >= 0.6 is 31.9 Å². The summed E-state index contributed by atoms with van der Waals surface area (Å²) < 4.78 is 13.9. The van der Waals surface area contributed by atoms with Gasteiger partial charge < -0.3 is 20.1 Å². The summed E-state index contributed by atoms with van der Waals surface area (Å²) in [4.78, 5) is 25.7. The maximum Gasteiger partial charge on any atom is 0.258 e. The Morgan fingerprint density at radius 1 is 0.763 bits per heavy atom. The Balaban J connectivity index is 1.57. The second-order valence-corrected chi connectivity index (χ2v) is 12.5. The molecule has 208 valence electrons. The molecule has 0 aliphatic heterocycles. The third-order valence-corrected chi connectivity index (χ3v) is 8.71. The lowest BCUT2D eigenvalue weighted by molar-refractivity contribution is -0.127. The fourth-order valence-corrected chi connectivity index (χ4v) is 5.48. The van der Waals surface area contributed by atoms with E-state index >= 15 is 0 Å². The number of amides is 2. The van der Waals surface area contributed by atoms with Crippen LogP contribution in [-0.4, -0.2) is 37.1 Å². The van der Waals surface area contributed by atoms with Gasteiger partial charge in [0.1, 0.15) is 11.5 Å². The molecule has 3 rings (SSSR count). The van der Waals surface area contributed by atoms with Crippen molar-refractivity contribution >= 4 is 43.7 Å². The van der Waals surface area contributed by atoms with Gasteiger partial charge in [0.25, 0.3) is 11.8 Å². The van der Waals surface area contributed by atoms with Gasteiger partial charge in [0, 0.05) is 21.0 Å². The predicted molar refractivity (Wildman–Crippen MR) is 159 cm³/mol. The predicted octanol–water partition coefficient (Wildman–Crippen LogP) is 7.08. The summed E-state index contributed by atoms with van der Waals surface area (Å²) in [6.07, 6.45) is 3.65. The maximum atomic E-state index is 12.8. The molecule has 0 heterocycles. The van der Waals surface area contributed by atoms with Crippen LogP contribution in [0.2, 0.25) is 0 Å². The van der Waals surface area contributed by atoms with Crippen LogP contribution in [0, 0.1) is 13.8 Å². The van der Waals surface area contributed by atoms with E-state index in [1.54, 1.807) is 0 Å². The molecule has 2 atom stereocenters. The zero-order valence-corrected chi connectivity index (χ0v) is 26.4. The van der Waals surface area contributed by atoms with Gasteiger partial charge in [-0.05, 0) is 85.0 Å². The van der Waals surface area contributed by atoms with Crippen molar-refractivity contribution in [2.45, 2.75) is 91.1 Å². The minimum atomic E-state index is -0.186. The van der Waals surface area contributed by atoms with Gasteiger partial charge in [-0.1, -0.05) is 72.4 Å². The SMILES string of the molecule is Cc1cc(OCC(=O)N[C@@H]2CCCC[C@H]2NC(=O)COc2cc(C)c(Br)cc2C(C)C)c(C(C)C)cc1Br. The number of rotatable bonds is 10. The van der Waals surface area contributed by atoms with Gasteiger partial charge in [-0.3, -0.25) is 9.59 Å². The number of nitrogens with one attached hydrogen (secondary N) is 2. The Kier molecular flexibility index (Phi) is 11.1. The molecule has 2 aromatic rings. The van der Waals surface area contributed by atoms with E-state index < -0.39 is 0 Å². The van der Waals surface area contributed by atoms with Crippen LogP contribution in [0.3, 0.4) is 0 Å². The Morgan fingerprint density at radius 2 is 1.13 bits per heavy atom. The normalized spacial score (nSPS) is 17.4. The molecule has 1 fully saturated rings.